The van der Waals surface area contributed by atoms with Crippen LogP contribution in [0.3, 0.4) is 0 Å². The zero-order valence-corrected chi connectivity index (χ0v) is 9.90. The standard InChI is InChI=1S/C14H16O3/c1-10-4-5-11(9-15)12(8-10)14(13(16)17)6-2-3-7-14/h4-5,8-9H,2-3,6-7H2,1H3,(H,16,17). The molecule has 0 radical (unpaired) electrons. The van der Waals surface area contributed by atoms with Gasteiger partial charge in [-0.05, 0) is 25.3 Å². The minimum Gasteiger partial charge on any atom is -0.481 e. The Labute approximate surface area is 100 Å². The maximum Gasteiger partial charge on any atom is 0.314 e. The average Bonchev–Trinajstić information content (AvgIpc) is 2.79. The number of aliphatic carboxylic acids is 1. The summed E-state index contributed by atoms with van der Waals surface area (Å²) in [6.07, 6.45) is 3.86. The highest BCUT2D eigenvalue weighted by molar-refractivity contribution is 5.87. The summed E-state index contributed by atoms with van der Waals surface area (Å²) in [5.74, 6) is -0.802. The first-order valence-corrected chi connectivity index (χ1v) is 5.90. The number of hydrogen-bond acceptors (Lipinski definition) is 2. The van der Waals surface area contributed by atoms with Gasteiger partial charge in [0.05, 0.1) is 5.41 Å². The van der Waals surface area contributed by atoms with Gasteiger partial charge in [-0.2, -0.15) is 0 Å². The van der Waals surface area contributed by atoms with E-state index in [1.807, 2.05) is 19.1 Å². The van der Waals surface area contributed by atoms with Crippen LogP contribution < -0.4 is 0 Å². The molecule has 1 saturated carbocycles. The topological polar surface area (TPSA) is 54.4 Å². The molecule has 0 spiro atoms. The van der Waals surface area contributed by atoms with E-state index in [0.29, 0.717) is 24.0 Å². The highest BCUT2D eigenvalue weighted by Gasteiger charge is 2.44. The van der Waals surface area contributed by atoms with Crippen molar-refractivity contribution in [2.75, 3.05) is 0 Å². The number of aryl methyl sites for hydroxylation is 1. The SMILES string of the molecule is Cc1ccc(C=O)c(C2(C(=O)O)CCCC2)c1. The lowest BCUT2D eigenvalue weighted by Crippen LogP contribution is -2.33. The molecule has 3 heteroatoms. The van der Waals surface area contributed by atoms with Crippen LogP contribution in [0.5, 0.6) is 0 Å². The van der Waals surface area contributed by atoms with Crippen molar-refractivity contribution in [1.82, 2.24) is 0 Å². The molecule has 0 aromatic heterocycles. The lowest BCUT2D eigenvalue weighted by molar-refractivity contribution is -0.143. The highest BCUT2D eigenvalue weighted by atomic mass is 16.4. The number of benzene rings is 1. The Balaban J connectivity index is 2.60. The van der Waals surface area contributed by atoms with E-state index in [9.17, 15) is 14.7 Å². The number of carbonyl (C=O) groups is 2. The van der Waals surface area contributed by atoms with Crippen molar-refractivity contribution in [1.29, 1.82) is 0 Å². The molecule has 0 unspecified atom stereocenters. The third kappa shape index (κ3) is 1.86. The van der Waals surface area contributed by atoms with E-state index < -0.39 is 11.4 Å². The van der Waals surface area contributed by atoms with E-state index >= 15 is 0 Å². The predicted octanol–water partition coefficient (Wildman–Crippen LogP) is 2.70. The molecule has 0 bridgehead atoms. The second-order valence-corrected chi connectivity index (χ2v) is 4.80. The predicted molar refractivity (Wildman–Crippen MR) is 64.3 cm³/mol. The van der Waals surface area contributed by atoms with Crippen LogP contribution in [0, 0.1) is 6.92 Å². The van der Waals surface area contributed by atoms with Crippen molar-refractivity contribution in [3.05, 3.63) is 34.9 Å². The van der Waals surface area contributed by atoms with E-state index in [0.717, 1.165) is 24.7 Å². The average molecular weight is 232 g/mol. The van der Waals surface area contributed by atoms with Crippen LogP contribution in [0.2, 0.25) is 0 Å². The maximum atomic E-state index is 11.6. The summed E-state index contributed by atoms with van der Waals surface area (Å²) in [6, 6.07) is 5.42. The number of aldehydes is 1. The van der Waals surface area contributed by atoms with Crippen molar-refractivity contribution in [2.45, 2.75) is 38.0 Å². The molecule has 2 rings (SSSR count). The van der Waals surface area contributed by atoms with Crippen LogP contribution >= 0.6 is 0 Å². The Kier molecular flexibility index (Phi) is 3.01. The molecule has 1 aromatic rings. The van der Waals surface area contributed by atoms with Gasteiger partial charge in [0.2, 0.25) is 0 Å². The first kappa shape index (κ1) is 11.8. The Morgan fingerprint density at radius 1 is 1.35 bits per heavy atom. The van der Waals surface area contributed by atoms with Crippen LogP contribution in [-0.4, -0.2) is 17.4 Å². The molecule has 1 aliphatic carbocycles. The molecule has 1 fully saturated rings. The van der Waals surface area contributed by atoms with E-state index in [1.165, 1.54) is 0 Å². The van der Waals surface area contributed by atoms with Crippen molar-refractivity contribution in [3.8, 4) is 0 Å². The van der Waals surface area contributed by atoms with E-state index in [4.69, 9.17) is 0 Å². The van der Waals surface area contributed by atoms with Crippen molar-refractivity contribution in [2.24, 2.45) is 0 Å². The lowest BCUT2D eigenvalue weighted by atomic mass is 9.76. The lowest BCUT2D eigenvalue weighted by Gasteiger charge is -2.26. The van der Waals surface area contributed by atoms with Gasteiger partial charge in [0.25, 0.3) is 0 Å². The zero-order chi connectivity index (χ0) is 12.5. The first-order chi connectivity index (χ1) is 8.10. The summed E-state index contributed by atoms with van der Waals surface area (Å²) in [5.41, 5.74) is 1.36. The summed E-state index contributed by atoms with van der Waals surface area (Å²) in [7, 11) is 0. The fourth-order valence-electron chi connectivity index (χ4n) is 2.76. The van der Waals surface area contributed by atoms with Crippen LogP contribution in [0.1, 0.15) is 47.2 Å². The van der Waals surface area contributed by atoms with Crippen LogP contribution in [0.15, 0.2) is 18.2 Å². The smallest absolute Gasteiger partial charge is 0.314 e. The summed E-state index contributed by atoms with van der Waals surface area (Å²) in [6.45, 7) is 1.92. The van der Waals surface area contributed by atoms with Gasteiger partial charge in [0.1, 0.15) is 6.29 Å². The minimum absolute atomic E-state index is 0.514. The Morgan fingerprint density at radius 3 is 2.53 bits per heavy atom. The summed E-state index contributed by atoms with van der Waals surface area (Å²) < 4.78 is 0. The summed E-state index contributed by atoms with van der Waals surface area (Å²) in [5, 5.41) is 9.51. The largest absolute Gasteiger partial charge is 0.481 e. The maximum absolute atomic E-state index is 11.6. The number of hydrogen-bond donors (Lipinski definition) is 1. The van der Waals surface area contributed by atoms with Gasteiger partial charge in [-0.1, -0.05) is 36.6 Å². The summed E-state index contributed by atoms with van der Waals surface area (Å²) in [4.78, 5) is 22.7. The Hall–Kier alpha value is -1.64. The van der Waals surface area contributed by atoms with Crippen molar-refractivity contribution < 1.29 is 14.7 Å². The van der Waals surface area contributed by atoms with Gasteiger partial charge in [-0.3, -0.25) is 9.59 Å². The van der Waals surface area contributed by atoms with E-state index in [1.54, 1.807) is 6.07 Å². The fourth-order valence-corrected chi connectivity index (χ4v) is 2.76. The molecule has 1 aromatic carbocycles. The van der Waals surface area contributed by atoms with E-state index in [2.05, 4.69) is 0 Å². The fraction of sp³-hybridized carbons (Fsp3) is 0.429. The first-order valence-electron chi connectivity index (χ1n) is 5.90. The van der Waals surface area contributed by atoms with Crippen LogP contribution in [0.4, 0.5) is 0 Å². The van der Waals surface area contributed by atoms with Gasteiger partial charge in [-0.25, -0.2) is 0 Å². The second-order valence-electron chi connectivity index (χ2n) is 4.80. The quantitative estimate of drug-likeness (QED) is 0.815. The molecule has 1 aliphatic rings. The molecule has 0 aliphatic heterocycles. The minimum atomic E-state index is -0.845. The molecule has 3 nitrogen and oxygen atoms in total. The molecule has 90 valence electrons. The normalized spacial score (nSPS) is 17.9. The molecule has 17 heavy (non-hydrogen) atoms. The van der Waals surface area contributed by atoms with Gasteiger partial charge in [0, 0.05) is 5.56 Å². The van der Waals surface area contributed by atoms with Crippen molar-refractivity contribution >= 4 is 12.3 Å². The van der Waals surface area contributed by atoms with Gasteiger partial charge < -0.3 is 5.11 Å². The van der Waals surface area contributed by atoms with Crippen LogP contribution in [-0.2, 0) is 10.2 Å². The zero-order valence-electron chi connectivity index (χ0n) is 9.90. The van der Waals surface area contributed by atoms with Crippen LogP contribution in [0.25, 0.3) is 0 Å². The molecule has 0 amide bonds. The molecule has 0 heterocycles. The third-order valence-electron chi connectivity index (χ3n) is 3.72. The monoisotopic (exact) mass is 232 g/mol. The highest BCUT2D eigenvalue weighted by Crippen LogP contribution is 2.42. The van der Waals surface area contributed by atoms with Crippen molar-refractivity contribution in [3.63, 3.8) is 0 Å². The number of carboxylic acids is 1. The number of rotatable bonds is 3. The molecule has 0 atom stereocenters. The molecule has 0 saturated heterocycles. The number of carboxylic acid groups (broad SMARTS) is 1. The molecular weight excluding hydrogens is 216 g/mol. The number of carbonyl (C=O) groups excluding carboxylic acids is 1. The Morgan fingerprint density at radius 2 is 2.00 bits per heavy atom. The molecular formula is C14H16O3. The van der Waals surface area contributed by atoms with Gasteiger partial charge >= 0.3 is 5.97 Å². The molecule has 1 N–H and O–H groups in total. The third-order valence-corrected chi connectivity index (χ3v) is 3.72. The summed E-state index contributed by atoms with van der Waals surface area (Å²) >= 11 is 0. The van der Waals surface area contributed by atoms with E-state index in [-0.39, 0.29) is 0 Å². The van der Waals surface area contributed by atoms with Gasteiger partial charge in [-0.15, -0.1) is 0 Å². The Bertz CT molecular complexity index is 457. The van der Waals surface area contributed by atoms with Gasteiger partial charge in [0.15, 0.2) is 0 Å². The second kappa shape index (κ2) is 4.32.